The molecule has 2 aromatic rings. The normalized spacial score (nSPS) is 10.8. The van der Waals surface area contributed by atoms with Crippen LogP contribution in [0.1, 0.15) is 19.4 Å². The van der Waals surface area contributed by atoms with Gasteiger partial charge in [0.1, 0.15) is 0 Å². The van der Waals surface area contributed by atoms with Crippen molar-refractivity contribution < 1.29 is 9.47 Å². The van der Waals surface area contributed by atoms with Gasteiger partial charge in [-0.05, 0) is 25.0 Å². The lowest BCUT2D eigenvalue weighted by molar-refractivity contribution is 0.355. The fourth-order valence-corrected chi connectivity index (χ4v) is 2.23. The van der Waals surface area contributed by atoms with Crippen molar-refractivity contribution in [3.8, 4) is 11.5 Å². The lowest BCUT2D eigenvalue weighted by Gasteiger charge is -2.09. The van der Waals surface area contributed by atoms with Crippen LogP contribution >= 0.6 is 0 Å². The summed E-state index contributed by atoms with van der Waals surface area (Å²) in [5, 5.41) is 1.26. The predicted molar refractivity (Wildman–Crippen MR) is 70.1 cm³/mol. The van der Waals surface area contributed by atoms with E-state index in [0.717, 1.165) is 24.5 Å². The van der Waals surface area contributed by atoms with Gasteiger partial charge >= 0.3 is 0 Å². The number of methoxy groups -OCH3 is 2. The van der Waals surface area contributed by atoms with Crippen LogP contribution in [-0.4, -0.2) is 18.8 Å². The molecule has 0 unspecified atom stereocenters. The number of ether oxygens (including phenoxy) is 2. The first-order valence-corrected chi connectivity index (χ1v) is 5.98. The summed E-state index contributed by atoms with van der Waals surface area (Å²) >= 11 is 0. The Morgan fingerprint density at radius 1 is 1.06 bits per heavy atom. The average molecular weight is 233 g/mol. The molecular weight excluding hydrogens is 214 g/mol. The maximum atomic E-state index is 5.35. The first-order chi connectivity index (χ1) is 8.24. The number of hydrogen-bond donors (Lipinski definition) is 0. The average Bonchev–Trinajstić information content (AvgIpc) is 2.73. The van der Waals surface area contributed by atoms with Crippen LogP contribution in [0.25, 0.3) is 10.9 Å². The van der Waals surface area contributed by atoms with Crippen LogP contribution in [0.2, 0.25) is 0 Å². The summed E-state index contributed by atoms with van der Waals surface area (Å²) in [4.78, 5) is 0. The minimum atomic E-state index is 0.787. The molecule has 0 saturated carbocycles. The van der Waals surface area contributed by atoms with Gasteiger partial charge in [-0.3, -0.25) is 0 Å². The van der Waals surface area contributed by atoms with E-state index >= 15 is 0 Å². The zero-order valence-corrected chi connectivity index (χ0v) is 10.9. The van der Waals surface area contributed by atoms with E-state index in [-0.39, 0.29) is 0 Å². The van der Waals surface area contributed by atoms with E-state index in [1.54, 1.807) is 14.2 Å². The summed E-state index contributed by atoms with van der Waals surface area (Å²) in [6.45, 7) is 5.28. The Morgan fingerprint density at radius 3 is 2.24 bits per heavy atom. The molecule has 0 aliphatic heterocycles. The van der Waals surface area contributed by atoms with Crippen molar-refractivity contribution in [3.05, 3.63) is 23.9 Å². The van der Waals surface area contributed by atoms with Gasteiger partial charge in [0, 0.05) is 24.2 Å². The van der Waals surface area contributed by atoms with Gasteiger partial charge in [-0.2, -0.15) is 0 Å². The highest BCUT2D eigenvalue weighted by molar-refractivity contribution is 5.87. The highest BCUT2D eigenvalue weighted by atomic mass is 16.5. The number of fused-ring (bicyclic) bond motifs is 1. The molecule has 0 aliphatic carbocycles. The Morgan fingerprint density at radius 2 is 1.71 bits per heavy atom. The predicted octanol–water partition coefficient (Wildman–Crippen LogP) is 3.24. The lowest BCUT2D eigenvalue weighted by atomic mass is 10.1. The summed E-state index contributed by atoms with van der Waals surface area (Å²) in [5.41, 5.74) is 2.56. The Balaban J connectivity index is 2.74. The molecule has 3 heteroatoms. The molecule has 92 valence electrons. The van der Waals surface area contributed by atoms with Crippen molar-refractivity contribution in [1.82, 2.24) is 4.57 Å². The summed E-state index contributed by atoms with van der Waals surface area (Å²) in [6, 6.07) is 4.12. The zero-order chi connectivity index (χ0) is 12.4. The van der Waals surface area contributed by atoms with Gasteiger partial charge in [0.15, 0.2) is 11.5 Å². The van der Waals surface area contributed by atoms with E-state index in [0.29, 0.717) is 0 Å². The summed E-state index contributed by atoms with van der Waals surface area (Å²) in [7, 11) is 3.34. The molecule has 1 aromatic heterocycles. The van der Waals surface area contributed by atoms with Crippen molar-refractivity contribution in [2.45, 2.75) is 26.8 Å². The maximum absolute atomic E-state index is 5.35. The number of nitrogens with zero attached hydrogens (tertiary/aromatic N) is 1. The molecule has 2 rings (SSSR count). The molecule has 3 nitrogen and oxygen atoms in total. The summed E-state index contributed by atoms with van der Waals surface area (Å²) in [5.74, 6) is 1.58. The van der Waals surface area contributed by atoms with Crippen molar-refractivity contribution in [2.75, 3.05) is 14.2 Å². The van der Waals surface area contributed by atoms with E-state index in [9.17, 15) is 0 Å². The van der Waals surface area contributed by atoms with Crippen molar-refractivity contribution >= 4 is 10.9 Å². The third-order valence-electron chi connectivity index (χ3n) is 3.19. The van der Waals surface area contributed by atoms with E-state index in [4.69, 9.17) is 9.47 Å². The van der Waals surface area contributed by atoms with Crippen LogP contribution in [0.3, 0.4) is 0 Å². The van der Waals surface area contributed by atoms with Gasteiger partial charge in [0.25, 0.3) is 0 Å². The van der Waals surface area contributed by atoms with E-state index in [1.807, 2.05) is 0 Å². The molecule has 1 aromatic carbocycles. The van der Waals surface area contributed by atoms with E-state index < -0.39 is 0 Å². The molecule has 0 aliphatic rings. The van der Waals surface area contributed by atoms with Crippen molar-refractivity contribution in [1.29, 1.82) is 0 Å². The highest BCUT2D eigenvalue weighted by Gasteiger charge is 2.12. The quantitative estimate of drug-likeness (QED) is 0.809. The van der Waals surface area contributed by atoms with Crippen molar-refractivity contribution in [3.63, 3.8) is 0 Å². The van der Waals surface area contributed by atoms with Gasteiger partial charge in [-0.25, -0.2) is 0 Å². The van der Waals surface area contributed by atoms with Gasteiger partial charge < -0.3 is 14.0 Å². The standard InChI is InChI=1S/C14H19NO2/c1-5-10-9-15(6-2)12-8-14(17-4)13(16-3)7-11(10)12/h7-9H,5-6H2,1-4H3. The second-order valence-corrected chi connectivity index (χ2v) is 4.02. The van der Waals surface area contributed by atoms with Gasteiger partial charge in [-0.1, -0.05) is 6.92 Å². The third-order valence-corrected chi connectivity index (χ3v) is 3.19. The van der Waals surface area contributed by atoms with Crippen LogP contribution in [0.15, 0.2) is 18.3 Å². The fraction of sp³-hybridized carbons (Fsp3) is 0.429. The van der Waals surface area contributed by atoms with Crippen molar-refractivity contribution in [2.24, 2.45) is 0 Å². The summed E-state index contributed by atoms with van der Waals surface area (Å²) in [6.07, 6.45) is 3.24. The maximum Gasteiger partial charge on any atom is 0.162 e. The molecule has 17 heavy (non-hydrogen) atoms. The van der Waals surface area contributed by atoms with E-state index in [1.165, 1.54) is 16.5 Å². The van der Waals surface area contributed by atoms with Gasteiger partial charge in [-0.15, -0.1) is 0 Å². The molecule has 0 spiro atoms. The SMILES string of the molecule is CCc1cn(CC)c2cc(OC)c(OC)cc12. The topological polar surface area (TPSA) is 23.4 Å². The number of benzene rings is 1. The Labute approximate surface area is 102 Å². The number of aromatic nitrogens is 1. The largest absolute Gasteiger partial charge is 0.493 e. The zero-order valence-electron chi connectivity index (χ0n) is 10.9. The van der Waals surface area contributed by atoms with Crippen LogP contribution in [0.5, 0.6) is 11.5 Å². The first-order valence-electron chi connectivity index (χ1n) is 5.98. The van der Waals surface area contributed by atoms with Gasteiger partial charge in [0.2, 0.25) is 0 Å². The molecule has 0 radical (unpaired) electrons. The molecule has 0 saturated heterocycles. The molecular formula is C14H19NO2. The molecule has 0 bridgehead atoms. The second-order valence-electron chi connectivity index (χ2n) is 4.02. The number of aryl methyl sites for hydroxylation is 2. The molecule has 0 atom stereocenters. The molecule has 0 N–H and O–H groups in total. The molecule has 1 heterocycles. The monoisotopic (exact) mass is 233 g/mol. The minimum absolute atomic E-state index is 0.787. The first kappa shape index (κ1) is 11.8. The van der Waals surface area contributed by atoms with Crippen LogP contribution in [0.4, 0.5) is 0 Å². The molecule has 0 amide bonds. The smallest absolute Gasteiger partial charge is 0.162 e. The lowest BCUT2D eigenvalue weighted by Crippen LogP contribution is -1.93. The summed E-state index contributed by atoms with van der Waals surface area (Å²) < 4.78 is 12.9. The van der Waals surface area contributed by atoms with Gasteiger partial charge in [0.05, 0.1) is 19.7 Å². The Hall–Kier alpha value is -1.64. The number of rotatable bonds is 4. The Kier molecular flexibility index (Phi) is 3.27. The van der Waals surface area contributed by atoms with E-state index in [2.05, 4.69) is 36.7 Å². The highest BCUT2D eigenvalue weighted by Crippen LogP contribution is 2.34. The van der Waals surface area contributed by atoms with Crippen LogP contribution in [0, 0.1) is 0 Å². The van der Waals surface area contributed by atoms with Crippen LogP contribution in [-0.2, 0) is 13.0 Å². The van der Waals surface area contributed by atoms with Crippen LogP contribution < -0.4 is 9.47 Å². The second kappa shape index (κ2) is 4.70. The fourth-order valence-electron chi connectivity index (χ4n) is 2.23. The Bertz CT molecular complexity index is 482. The third kappa shape index (κ3) is 1.86. The molecule has 0 fully saturated rings. The number of hydrogen-bond acceptors (Lipinski definition) is 2. The minimum Gasteiger partial charge on any atom is -0.493 e.